The van der Waals surface area contributed by atoms with Crippen molar-refractivity contribution in [3.63, 3.8) is 0 Å². The van der Waals surface area contributed by atoms with Gasteiger partial charge in [0.2, 0.25) is 0 Å². The zero-order chi connectivity index (χ0) is 7.23. The number of nitrogens with zero attached hydrogens (tertiary/aromatic N) is 1. The van der Waals surface area contributed by atoms with E-state index in [0.29, 0.717) is 0 Å². The molecule has 1 heterocycles. The van der Waals surface area contributed by atoms with Gasteiger partial charge in [-0.3, -0.25) is 0 Å². The van der Waals surface area contributed by atoms with Crippen molar-refractivity contribution in [1.82, 2.24) is 0 Å². The number of hydrogen-bond donors (Lipinski definition) is 0. The van der Waals surface area contributed by atoms with E-state index in [9.17, 15) is 0 Å². The predicted octanol–water partition coefficient (Wildman–Crippen LogP) is 2.16. The van der Waals surface area contributed by atoms with Crippen LogP contribution in [-0.2, 0) is 4.74 Å². The van der Waals surface area contributed by atoms with Gasteiger partial charge < -0.3 is 4.74 Å². The molecule has 0 aromatic rings. The van der Waals surface area contributed by atoms with Crippen LogP contribution in [0.1, 0.15) is 13.3 Å². The minimum absolute atomic E-state index is 0.773. The zero-order valence-electron chi connectivity index (χ0n) is 6.00. The molecule has 1 aliphatic heterocycles. The standard InChI is InChI=1S/C6H11NOS2/c1-2-5-9-10-6-7-3-4-8-6/h2-5H2,1H3. The second-order valence-corrected chi connectivity index (χ2v) is 4.27. The van der Waals surface area contributed by atoms with Gasteiger partial charge in [0.25, 0.3) is 5.23 Å². The number of aliphatic imine (C=N–C) groups is 1. The third-order valence-corrected chi connectivity index (χ3v) is 3.34. The first kappa shape index (κ1) is 8.27. The maximum atomic E-state index is 5.19. The predicted molar refractivity (Wildman–Crippen MR) is 48.6 cm³/mol. The Morgan fingerprint density at radius 3 is 3.20 bits per heavy atom. The molecule has 0 N–H and O–H groups in total. The second kappa shape index (κ2) is 4.91. The fourth-order valence-electron chi connectivity index (χ4n) is 0.541. The smallest absolute Gasteiger partial charge is 0.256 e. The van der Waals surface area contributed by atoms with Gasteiger partial charge in [-0.1, -0.05) is 17.7 Å². The van der Waals surface area contributed by atoms with Crippen molar-refractivity contribution in [3.05, 3.63) is 0 Å². The summed E-state index contributed by atoms with van der Waals surface area (Å²) in [4.78, 5) is 4.14. The van der Waals surface area contributed by atoms with Gasteiger partial charge in [0.1, 0.15) is 6.61 Å². The lowest BCUT2D eigenvalue weighted by Crippen LogP contribution is -1.90. The van der Waals surface area contributed by atoms with E-state index in [1.54, 1.807) is 10.8 Å². The first-order valence-corrected chi connectivity index (χ1v) is 5.72. The van der Waals surface area contributed by atoms with Crippen molar-refractivity contribution in [3.8, 4) is 0 Å². The molecule has 0 aliphatic carbocycles. The van der Waals surface area contributed by atoms with Crippen molar-refractivity contribution in [1.29, 1.82) is 0 Å². The van der Waals surface area contributed by atoms with Crippen LogP contribution in [0.4, 0.5) is 0 Å². The summed E-state index contributed by atoms with van der Waals surface area (Å²) in [6.45, 7) is 3.79. The van der Waals surface area contributed by atoms with Gasteiger partial charge in [0.15, 0.2) is 0 Å². The normalized spacial score (nSPS) is 16.7. The van der Waals surface area contributed by atoms with Crippen LogP contribution in [-0.4, -0.2) is 24.1 Å². The molecular weight excluding hydrogens is 166 g/mol. The van der Waals surface area contributed by atoms with E-state index < -0.39 is 0 Å². The highest BCUT2D eigenvalue weighted by molar-refractivity contribution is 8.82. The maximum absolute atomic E-state index is 5.19. The van der Waals surface area contributed by atoms with Crippen molar-refractivity contribution in [2.75, 3.05) is 18.9 Å². The molecule has 10 heavy (non-hydrogen) atoms. The fourth-order valence-corrected chi connectivity index (χ4v) is 2.52. The average Bonchev–Trinajstić information content (AvgIpc) is 2.41. The molecule has 0 atom stereocenters. The lowest BCUT2D eigenvalue weighted by atomic mass is 10.6. The van der Waals surface area contributed by atoms with Gasteiger partial charge in [-0.05, 0) is 6.42 Å². The summed E-state index contributed by atoms with van der Waals surface area (Å²) in [5, 5.41) is 0.860. The largest absolute Gasteiger partial charge is 0.471 e. The molecule has 2 nitrogen and oxygen atoms in total. The summed E-state index contributed by atoms with van der Waals surface area (Å²) < 4.78 is 5.19. The summed E-state index contributed by atoms with van der Waals surface area (Å²) in [7, 11) is 3.46. The number of hydrogen-bond acceptors (Lipinski definition) is 4. The Kier molecular flexibility index (Phi) is 4.06. The summed E-state index contributed by atoms with van der Waals surface area (Å²) >= 11 is 0. The zero-order valence-corrected chi connectivity index (χ0v) is 7.63. The van der Waals surface area contributed by atoms with Gasteiger partial charge in [-0.2, -0.15) is 0 Å². The minimum Gasteiger partial charge on any atom is -0.471 e. The van der Waals surface area contributed by atoms with Crippen molar-refractivity contribution in [2.45, 2.75) is 13.3 Å². The molecule has 0 unspecified atom stereocenters. The third kappa shape index (κ3) is 2.84. The Balaban J connectivity index is 2.01. The van der Waals surface area contributed by atoms with Gasteiger partial charge in [-0.25, -0.2) is 4.99 Å². The van der Waals surface area contributed by atoms with E-state index in [-0.39, 0.29) is 0 Å². The SMILES string of the molecule is CCCSSC1=NCCO1. The van der Waals surface area contributed by atoms with Gasteiger partial charge >= 0.3 is 0 Å². The van der Waals surface area contributed by atoms with E-state index >= 15 is 0 Å². The number of rotatable bonds is 3. The molecule has 1 aliphatic rings. The monoisotopic (exact) mass is 177 g/mol. The molecule has 0 aromatic carbocycles. The van der Waals surface area contributed by atoms with E-state index in [1.807, 2.05) is 10.8 Å². The molecule has 4 heteroatoms. The molecule has 0 aromatic heterocycles. The first-order valence-electron chi connectivity index (χ1n) is 3.40. The lowest BCUT2D eigenvalue weighted by molar-refractivity contribution is 0.357. The molecule has 0 amide bonds. The highest BCUT2D eigenvalue weighted by Crippen LogP contribution is 2.25. The Morgan fingerprint density at radius 1 is 1.70 bits per heavy atom. The average molecular weight is 177 g/mol. The van der Waals surface area contributed by atoms with Gasteiger partial charge in [0, 0.05) is 16.5 Å². The van der Waals surface area contributed by atoms with Crippen molar-refractivity contribution < 1.29 is 4.74 Å². The molecule has 0 saturated carbocycles. The summed E-state index contributed by atoms with van der Waals surface area (Å²) in [6, 6.07) is 0. The Labute approximate surface area is 69.2 Å². The topological polar surface area (TPSA) is 21.6 Å². The first-order chi connectivity index (χ1) is 4.93. The van der Waals surface area contributed by atoms with Crippen LogP contribution < -0.4 is 0 Å². The van der Waals surface area contributed by atoms with Crippen LogP contribution in [0.15, 0.2) is 4.99 Å². The van der Waals surface area contributed by atoms with Crippen LogP contribution >= 0.6 is 21.6 Å². The molecular formula is C6H11NOS2. The Hall–Kier alpha value is 0.170. The molecule has 0 saturated heterocycles. The summed E-state index contributed by atoms with van der Waals surface area (Å²) in [5.74, 6) is 1.17. The van der Waals surface area contributed by atoms with E-state index in [2.05, 4.69) is 11.9 Å². The van der Waals surface area contributed by atoms with E-state index in [0.717, 1.165) is 18.4 Å². The maximum Gasteiger partial charge on any atom is 0.256 e. The molecule has 1 rings (SSSR count). The minimum atomic E-state index is 0.773. The Bertz CT molecular complexity index is 127. The van der Waals surface area contributed by atoms with Gasteiger partial charge in [-0.15, -0.1) is 0 Å². The quantitative estimate of drug-likeness (QED) is 0.487. The van der Waals surface area contributed by atoms with Crippen LogP contribution in [0.2, 0.25) is 0 Å². The summed E-state index contributed by atoms with van der Waals surface area (Å²) in [5.41, 5.74) is 0. The molecule has 0 radical (unpaired) electrons. The third-order valence-electron chi connectivity index (χ3n) is 0.975. The van der Waals surface area contributed by atoms with E-state index in [4.69, 9.17) is 4.74 Å². The molecule has 0 bridgehead atoms. The number of ether oxygens (including phenoxy) is 1. The van der Waals surface area contributed by atoms with Crippen LogP contribution in [0.3, 0.4) is 0 Å². The van der Waals surface area contributed by atoms with Crippen molar-refractivity contribution in [2.24, 2.45) is 4.99 Å². The Morgan fingerprint density at radius 2 is 2.60 bits per heavy atom. The van der Waals surface area contributed by atoms with Gasteiger partial charge in [0.05, 0.1) is 6.54 Å². The highest BCUT2D eigenvalue weighted by atomic mass is 33.1. The molecule has 0 spiro atoms. The fraction of sp³-hybridized carbons (Fsp3) is 0.833. The lowest BCUT2D eigenvalue weighted by Gasteiger charge is -1.97. The highest BCUT2D eigenvalue weighted by Gasteiger charge is 2.06. The second-order valence-electron chi connectivity index (χ2n) is 1.90. The van der Waals surface area contributed by atoms with Crippen molar-refractivity contribution >= 4 is 26.8 Å². The van der Waals surface area contributed by atoms with E-state index in [1.165, 1.54) is 12.2 Å². The summed E-state index contributed by atoms with van der Waals surface area (Å²) in [6.07, 6.45) is 1.21. The van der Waals surface area contributed by atoms with Crippen LogP contribution in [0.5, 0.6) is 0 Å². The molecule has 0 fully saturated rings. The van der Waals surface area contributed by atoms with Crippen LogP contribution in [0, 0.1) is 0 Å². The van der Waals surface area contributed by atoms with Crippen LogP contribution in [0.25, 0.3) is 0 Å². The molecule has 58 valence electrons.